The van der Waals surface area contributed by atoms with Crippen molar-refractivity contribution in [3.05, 3.63) is 78.4 Å². The summed E-state index contributed by atoms with van der Waals surface area (Å²) in [7, 11) is 0. The molecule has 0 unspecified atom stereocenters. The van der Waals surface area contributed by atoms with Gasteiger partial charge in [0.2, 0.25) is 0 Å². The van der Waals surface area contributed by atoms with Crippen molar-refractivity contribution in [3.8, 4) is 23.0 Å². The molecule has 0 spiro atoms. The lowest BCUT2D eigenvalue weighted by molar-refractivity contribution is 0.102. The molecule has 1 amide bonds. The van der Waals surface area contributed by atoms with Crippen molar-refractivity contribution in [2.75, 3.05) is 18.5 Å². The quantitative estimate of drug-likeness (QED) is 0.755. The van der Waals surface area contributed by atoms with Crippen LogP contribution < -0.4 is 19.5 Å². The maximum atomic E-state index is 12.4. The number of para-hydroxylation sites is 1. The van der Waals surface area contributed by atoms with Crippen molar-refractivity contribution in [2.24, 2.45) is 0 Å². The number of anilines is 1. The molecule has 5 nitrogen and oxygen atoms in total. The molecule has 3 aromatic carbocycles. The summed E-state index contributed by atoms with van der Waals surface area (Å²) in [6, 6.07) is 21.9. The van der Waals surface area contributed by atoms with Crippen LogP contribution in [0.4, 0.5) is 5.69 Å². The highest BCUT2D eigenvalue weighted by atomic mass is 16.6. The largest absolute Gasteiger partial charge is 0.486 e. The van der Waals surface area contributed by atoms with Gasteiger partial charge in [-0.25, -0.2) is 0 Å². The number of hydrogen-bond donors (Lipinski definition) is 1. The standard InChI is InChI=1S/C21H17NO4/c23-21(15-6-11-19-20(14-15)25-13-12-24-19)22-16-7-9-18(10-8-16)26-17-4-2-1-3-5-17/h1-11,14H,12-13H2,(H,22,23). The van der Waals surface area contributed by atoms with E-state index in [1.807, 2.05) is 42.5 Å². The van der Waals surface area contributed by atoms with Gasteiger partial charge < -0.3 is 19.5 Å². The Balaban J connectivity index is 1.43. The smallest absolute Gasteiger partial charge is 0.255 e. The van der Waals surface area contributed by atoms with Crippen LogP contribution in [-0.2, 0) is 0 Å². The van der Waals surface area contributed by atoms with Crippen LogP contribution in [0.5, 0.6) is 23.0 Å². The molecule has 0 saturated carbocycles. The van der Waals surface area contributed by atoms with Crippen LogP contribution in [0.2, 0.25) is 0 Å². The number of rotatable bonds is 4. The van der Waals surface area contributed by atoms with Crippen molar-refractivity contribution in [1.82, 2.24) is 0 Å². The highest BCUT2D eigenvalue weighted by Gasteiger charge is 2.15. The first-order valence-electron chi connectivity index (χ1n) is 8.32. The molecule has 1 aliphatic heterocycles. The average Bonchev–Trinajstić information content (AvgIpc) is 2.70. The fourth-order valence-electron chi connectivity index (χ4n) is 2.62. The number of fused-ring (bicyclic) bond motifs is 1. The van der Waals surface area contributed by atoms with Gasteiger partial charge >= 0.3 is 0 Å². The average molecular weight is 347 g/mol. The van der Waals surface area contributed by atoms with E-state index < -0.39 is 0 Å². The molecule has 0 radical (unpaired) electrons. The summed E-state index contributed by atoms with van der Waals surface area (Å²) in [5, 5.41) is 2.87. The molecule has 0 fully saturated rings. The van der Waals surface area contributed by atoms with Gasteiger partial charge in [-0.3, -0.25) is 4.79 Å². The lowest BCUT2D eigenvalue weighted by atomic mass is 10.1. The summed E-state index contributed by atoms with van der Waals surface area (Å²) >= 11 is 0. The Morgan fingerprint density at radius 3 is 2.27 bits per heavy atom. The van der Waals surface area contributed by atoms with Gasteiger partial charge in [-0.05, 0) is 54.6 Å². The third-order valence-corrected chi connectivity index (χ3v) is 3.90. The number of carbonyl (C=O) groups excluding carboxylic acids is 1. The maximum absolute atomic E-state index is 12.4. The van der Waals surface area contributed by atoms with E-state index in [-0.39, 0.29) is 5.91 Å². The molecule has 0 saturated heterocycles. The van der Waals surface area contributed by atoms with Gasteiger partial charge in [-0.15, -0.1) is 0 Å². The number of carbonyl (C=O) groups is 1. The normalized spacial score (nSPS) is 12.3. The van der Waals surface area contributed by atoms with E-state index in [1.165, 1.54) is 0 Å². The molecule has 0 aliphatic carbocycles. The summed E-state index contributed by atoms with van der Waals surface area (Å²) in [4.78, 5) is 12.4. The summed E-state index contributed by atoms with van der Waals surface area (Å²) < 4.78 is 16.7. The topological polar surface area (TPSA) is 56.8 Å². The third kappa shape index (κ3) is 3.62. The Hall–Kier alpha value is -3.47. The van der Waals surface area contributed by atoms with Crippen molar-refractivity contribution in [1.29, 1.82) is 0 Å². The van der Waals surface area contributed by atoms with E-state index in [0.29, 0.717) is 41.7 Å². The van der Waals surface area contributed by atoms with Gasteiger partial charge in [0.05, 0.1) is 0 Å². The summed E-state index contributed by atoms with van der Waals surface area (Å²) in [5.41, 5.74) is 1.20. The predicted octanol–water partition coefficient (Wildman–Crippen LogP) is 4.50. The van der Waals surface area contributed by atoms with E-state index in [1.54, 1.807) is 30.3 Å². The van der Waals surface area contributed by atoms with E-state index >= 15 is 0 Å². The Labute approximate surface area is 151 Å². The summed E-state index contributed by atoms with van der Waals surface area (Å²) in [6.07, 6.45) is 0. The van der Waals surface area contributed by atoms with Crippen molar-refractivity contribution in [2.45, 2.75) is 0 Å². The monoisotopic (exact) mass is 347 g/mol. The van der Waals surface area contributed by atoms with Gasteiger partial charge in [-0.1, -0.05) is 18.2 Å². The summed E-state index contributed by atoms with van der Waals surface area (Å²) in [6.45, 7) is 1.01. The van der Waals surface area contributed by atoms with E-state index in [9.17, 15) is 4.79 Å². The molecule has 5 heteroatoms. The van der Waals surface area contributed by atoms with Gasteiger partial charge in [0.15, 0.2) is 11.5 Å². The van der Waals surface area contributed by atoms with Crippen LogP contribution in [0.15, 0.2) is 72.8 Å². The first-order valence-corrected chi connectivity index (χ1v) is 8.32. The van der Waals surface area contributed by atoms with Gasteiger partial charge in [-0.2, -0.15) is 0 Å². The zero-order valence-corrected chi connectivity index (χ0v) is 14.0. The molecular formula is C21H17NO4. The minimum absolute atomic E-state index is 0.210. The molecule has 0 aromatic heterocycles. The van der Waals surface area contributed by atoms with Crippen LogP contribution in [-0.4, -0.2) is 19.1 Å². The van der Waals surface area contributed by atoms with Crippen LogP contribution in [0.3, 0.4) is 0 Å². The molecule has 0 atom stereocenters. The van der Waals surface area contributed by atoms with Crippen LogP contribution in [0, 0.1) is 0 Å². The van der Waals surface area contributed by atoms with Crippen molar-refractivity contribution < 1.29 is 19.0 Å². The molecule has 1 N–H and O–H groups in total. The minimum atomic E-state index is -0.210. The SMILES string of the molecule is O=C(Nc1ccc(Oc2ccccc2)cc1)c1ccc2c(c1)OCCO2. The Morgan fingerprint density at radius 2 is 1.50 bits per heavy atom. The molecule has 3 aromatic rings. The molecule has 26 heavy (non-hydrogen) atoms. The van der Waals surface area contributed by atoms with Crippen molar-refractivity contribution in [3.63, 3.8) is 0 Å². The molecule has 1 aliphatic rings. The maximum Gasteiger partial charge on any atom is 0.255 e. The lowest BCUT2D eigenvalue weighted by Crippen LogP contribution is -2.17. The third-order valence-electron chi connectivity index (χ3n) is 3.90. The second kappa shape index (κ2) is 7.19. The number of benzene rings is 3. The first-order chi connectivity index (χ1) is 12.8. The first kappa shape index (κ1) is 16.0. The Bertz CT molecular complexity index is 907. The van der Waals surface area contributed by atoms with Crippen molar-refractivity contribution >= 4 is 11.6 Å². The second-order valence-electron chi connectivity index (χ2n) is 5.75. The molecule has 1 heterocycles. The van der Waals surface area contributed by atoms with Gasteiger partial charge in [0.25, 0.3) is 5.91 Å². The van der Waals surface area contributed by atoms with Gasteiger partial charge in [0.1, 0.15) is 24.7 Å². The lowest BCUT2D eigenvalue weighted by Gasteiger charge is -2.18. The van der Waals surface area contributed by atoms with E-state index in [2.05, 4.69) is 5.32 Å². The Kier molecular flexibility index (Phi) is 4.43. The fourth-order valence-corrected chi connectivity index (χ4v) is 2.62. The highest BCUT2D eigenvalue weighted by molar-refractivity contribution is 6.04. The van der Waals surface area contributed by atoms with Gasteiger partial charge in [0, 0.05) is 11.3 Å². The fraction of sp³-hybridized carbons (Fsp3) is 0.0952. The van der Waals surface area contributed by atoms with Crippen LogP contribution in [0.1, 0.15) is 10.4 Å². The second-order valence-corrected chi connectivity index (χ2v) is 5.75. The number of ether oxygens (including phenoxy) is 3. The van der Waals surface area contributed by atoms with E-state index in [4.69, 9.17) is 14.2 Å². The summed E-state index contributed by atoms with van der Waals surface area (Å²) in [5.74, 6) is 2.51. The molecular weight excluding hydrogens is 330 g/mol. The number of nitrogens with one attached hydrogen (secondary N) is 1. The van der Waals surface area contributed by atoms with Crippen LogP contribution in [0.25, 0.3) is 0 Å². The number of hydrogen-bond acceptors (Lipinski definition) is 4. The highest BCUT2D eigenvalue weighted by Crippen LogP contribution is 2.31. The minimum Gasteiger partial charge on any atom is -0.486 e. The Morgan fingerprint density at radius 1 is 0.808 bits per heavy atom. The number of amides is 1. The molecule has 4 rings (SSSR count). The van der Waals surface area contributed by atoms with E-state index in [0.717, 1.165) is 5.75 Å². The zero-order chi connectivity index (χ0) is 17.8. The molecule has 130 valence electrons. The predicted molar refractivity (Wildman–Crippen MR) is 98.3 cm³/mol. The zero-order valence-electron chi connectivity index (χ0n) is 14.0. The van der Waals surface area contributed by atoms with Crippen LogP contribution >= 0.6 is 0 Å². The molecule has 0 bridgehead atoms.